The van der Waals surface area contributed by atoms with Crippen molar-refractivity contribution in [3.63, 3.8) is 0 Å². The summed E-state index contributed by atoms with van der Waals surface area (Å²) in [7, 11) is 1.49. The van der Waals surface area contributed by atoms with Gasteiger partial charge in [-0.3, -0.25) is 4.79 Å². The molecular formula is C22H21NO7. The number of rotatable bonds is 7. The van der Waals surface area contributed by atoms with E-state index in [0.29, 0.717) is 22.6 Å². The summed E-state index contributed by atoms with van der Waals surface area (Å²) in [5.74, 6) is -1.65. The molecule has 0 fully saturated rings. The Morgan fingerprint density at radius 2 is 1.80 bits per heavy atom. The van der Waals surface area contributed by atoms with Crippen LogP contribution >= 0.6 is 0 Å². The third kappa shape index (κ3) is 4.60. The van der Waals surface area contributed by atoms with Crippen molar-refractivity contribution in [3.8, 4) is 5.75 Å². The molecule has 1 aromatic heterocycles. The zero-order valence-electron chi connectivity index (χ0n) is 16.8. The van der Waals surface area contributed by atoms with E-state index >= 15 is 0 Å². The zero-order valence-corrected chi connectivity index (χ0v) is 16.8. The molecule has 0 radical (unpaired) electrons. The van der Waals surface area contributed by atoms with Crippen molar-refractivity contribution in [2.45, 2.75) is 20.0 Å². The second-order valence-electron chi connectivity index (χ2n) is 6.30. The van der Waals surface area contributed by atoms with Gasteiger partial charge in [0.25, 0.3) is 5.91 Å². The predicted molar refractivity (Wildman–Crippen MR) is 110 cm³/mol. The van der Waals surface area contributed by atoms with Gasteiger partial charge < -0.3 is 23.9 Å². The van der Waals surface area contributed by atoms with Crippen LogP contribution in [0, 0.1) is 0 Å². The van der Waals surface area contributed by atoms with E-state index < -0.39 is 23.9 Å². The summed E-state index contributed by atoms with van der Waals surface area (Å²) >= 11 is 0. The fourth-order valence-electron chi connectivity index (χ4n) is 2.85. The lowest BCUT2D eigenvalue weighted by molar-refractivity contribution is -0.148. The van der Waals surface area contributed by atoms with E-state index in [1.807, 2.05) is 24.3 Å². The summed E-state index contributed by atoms with van der Waals surface area (Å²) in [5.41, 5.74) is 1.67. The summed E-state index contributed by atoms with van der Waals surface area (Å²) < 4.78 is 20.9. The van der Waals surface area contributed by atoms with Crippen LogP contribution in [0.25, 0.3) is 21.9 Å². The molecule has 0 bridgehead atoms. The molecule has 3 aromatic rings. The molecule has 1 amide bonds. The average Bonchev–Trinajstić information content (AvgIpc) is 3.09. The van der Waals surface area contributed by atoms with E-state index in [9.17, 15) is 14.4 Å². The van der Waals surface area contributed by atoms with Gasteiger partial charge in [0.05, 0.1) is 19.4 Å². The number of methoxy groups -OCH3 is 1. The van der Waals surface area contributed by atoms with Crippen LogP contribution in [0.15, 0.2) is 53.0 Å². The minimum absolute atomic E-state index is 0.189. The molecule has 8 nitrogen and oxygen atoms in total. The van der Waals surface area contributed by atoms with Crippen LogP contribution in [0.5, 0.6) is 5.75 Å². The number of nitrogens with one attached hydrogen (secondary N) is 1. The fraction of sp³-hybridized carbons (Fsp3) is 0.227. The number of furan rings is 1. The summed E-state index contributed by atoms with van der Waals surface area (Å²) in [6, 6.07) is 11.0. The second-order valence-corrected chi connectivity index (χ2v) is 6.30. The van der Waals surface area contributed by atoms with Gasteiger partial charge in [0.1, 0.15) is 16.9 Å². The molecule has 0 aliphatic rings. The Morgan fingerprint density at radius 1 is 1.07 bits per heavy atom. The van der Waals surface area contributed by atoms with Crippen LogP contribution in [0.2, 0.25) is 0 Å². The Labute approximate surface area is 172 Å². The third-order valence-electron chi connectivity index (χ3n) is 4.26. The fourth-order valence-corrected chi connectivity index (χ4v) is 2.85. The number of para-hydroxylation sites is 1. The van der Waals surface area contributed by atoms with Crippen molar-refractivity contribution in [1.29, 1.82) is 0 Å². The van der Waals surface area contributed by atoms with E-state index in [1.165, 1.54) is 14.0 Å². The third-order valence-corrected chi connectivity index (χ3v) is 4.26. The minimum Gasteiger partial charge on any atom is -0.495 e. The first-order valence-corrected chi connectivity index (χ1v) is 9.28. The van der Waals surface area contributed by atoms with Crippen LogP contribution in [0.1, 0.15) is 13.8 Å². The van der Waals surface area contributed by atoms with Gasteiger partial charge in [-0.1, -0.05) is 18.2 Å². The SMILES string of the molecule is CCOC(=O)/C=C/C(=O)O[C@H](C)C(=O)Nc1cc2oc3ccccc3c2cc1OC. The number of anilines is 1. The van der Waals surface area contributed by atoms with Crippen LogP contribution in [0.3, 0.4) is 0 Å². The van der Waals surface area contributed by atoms with E-state index in [1.54, 1.807) is 19.1 Å². The van der Waals surface area contributed by atoms with E-state index in [4.69, 9.17) is 13.9 Å². The standard InChI is InChI=1S/C22H21NO7/c1-4-28-20(24)9-10-21(25)29-13(2)22(26)23-16-12-18-15(11-19(16)27-3)14-7-5-6-8-17(14)30-18/h5-13H,4H2,1-3H3,(H,23,26)/b10-9+/t13-/m1/s1. The van der Waals surface area contributed by atoms with Gasteiger partial charge >= 0.3 is 11.9 Å². The smallest absolute Gasteiger partial charge is 0.331 e. The highest BCUT2D eigenvalue weighted by atomic mass is 16.5. The average molecular weight is 411 g/mol. The molecule has 1 N–H and O–H groups in total. The van der Waals surface area contributed by atoms with Crippen LogP contribution in [-0.2, 0) is 23.9 Å². The first kappa shape index (κ1) is 20.9. The monoisotopic (exact) mass is 411 g/mol. The molecule has 1 heterocycles. The number of carbonyl (C=O) groups excluding carboxylic acids is 3. The number of benzene rings is 2. The van der Waals surface area contributed by atoms with Gasteiger partial charge in [0.15, 0.2) is 6.10 Å². The van der Waals surface area contributed by atoms with E-state index in [0.717, 1.165) is 22.9 Å². The highest BCUT2D eigenvalue weighted by Crippen LogP contribution is 2.36. The molecule has 0 aliphatic heterocycles. The molecule has 8 heteroatoms. The summed E-state index contributed by atoms with van der Waals surface area (Å²) in [4.78, 5) is 35.5. The van der Waals surface area contributed by atoms with Crippen molar-refractivity contribution < 1.29 is 33.0 Å². The number of esters is 2. The Kier molecular flexibility index (Phi) is 6.36. The molecule has 3 rings (SSSR count). The quantitative estimate of drug-likeness (QED) is 0.468. The van der Waals surface area contributed by atoms with Crippen molar-refractivity contribution >= 4 is 45.5 Å². The maximum atomic E-state index is 12.5. The van der Waals surface area contributed by atoms with Crippen molar-refractivity contribution in [1.82, 2.24) is 0 Å². The number of hydrogen-bond donors (Lipinski definition) is 1. The molecule has 0 saturated heterocycles. The van der Waals surface area contributed by atoms with Crippen molar-refractivity contribution in [3.05, 3.63) is 48.6 Å². The largest absolute Gasteiger partial charge is 0.495 e. The van der Waals surface area contributed by atoms with Gasteiger partial charge in [-0.2, -0.15) is 0 Å². The van der Waals surface area contributed by atoms with E-state index in [-0.39, 0.29) is 6.61 Å². The zero-order chi connectivity index (χ0) is 21.7. The lowest BCUT2D eigenvalue weighted by Crippen LogP contribution is -2.29. The molecule has 156 valence electrons. The highest BCUT2D eigenvalue weighted by Gasteiger charge is 2.20. The Hall–Kier alpha value is -3.81. The van der Waals surface area contributed by atoms with Gasteiger partial charge in [0, 0.05) is 29.0 Å². The Morgan fingerprint density at radius 3 is 2.53 bits per heavy atom. The topological polar surface area (TPSA) is 104 Å². The number of fused-ring (bicyclic) bond motifs is 3. The molecule has 0 saturated carbocycles. The number of ether oxygens (including phenoxy) is 3. The lowest BCUT2D eigenvalue weighted by atomic mass is 10.1. The highest BCUT2D eigenvalue weighted by molar-refractivity contribution is 6.08. The van der Waals surface area contributed by atoms with Gasteiger partial charge in [-0.25, -0.2) is 9.59 Å². The summed E-state index contributed by atoms with van der Waals surface area (Å²) in [6.45, 7) is 3.25. The maximum absolute atomic E-state index is 12.5. The van der Waals surface area contributed by atoms with Crippen molar-refractivity contribution in [2.24, 2.45) is 0 Å². The normalized spacial score (nSPS) is 12.1. The van der Waals surface area contributed by atoms with Crippen molar-refractivity contribution in [2.75, 3.05) is 19.0 Å². The molecule has 1 atom stereocenters. The Bertz CT molecular complexity index is 1130. The molecule has 30 heavy (non-hydrogen) atoms. The number of carbonyl (C=O) groups is 3. The number of hydrogen-bond acceptors (Lipinski definition) is 7. The summed E-state index contributed by atoms with van der Waals surface area (Å²) in [5, 5.41) is 4.45. The minimum atomic E-state index is -1.11. The second kappa shape index (κ2) is 9.13. The first-order chi connectivity index (χ1) is 14.4. The number of amides is 1. The first-order valence-electron chi connectivity index (χ1n) is 9.28. The van der Waals surface area contributed by atoms with Crippen LogP contribution < -0.4 is 10.1 Å². The molecular weight excluding hydrogens is 390 g/mol. The van der Waals surface area contributed by atoms with Gasteiger partial charge in [-0.05, 0) is 26.0 Å². The van der Waals surface area contributed by atoms with E-state index in [2.05, 4.69) is 10.1 Å². The van der Waals surface area contributed by atoms with Gasteiger partial charge in [0.2, 0.25) is 0 Å². The van der Waals surface area contributed by atoms with Crippen LogP contribution in [0.4, 0.5) is 5.69 Å². The predicted octanol–water partition coefficient (Wildman–Crippen LogP) is 3.58. The Balaban J connectivity index is 1.74. The lowest BCUT2D eigenvalue weighted by Gasteiger charge is -2.14. The van der Waals surface area contributed by atoms with Gasteiger partial charge in [-0.15, -0.1) is 0 Å². The molecule has 0 aliphatic carbocycles. The van der Waals surface area contributed by atoms with Crippen LogP contribution in [-0.4, -0.2) is 37.7 Å². The maximum Gasteiger partial charge on any atom is 0.331 e. The molecule has 0 spiro atoms. The summed E-state index contributed by atoms with van der Waals surface area (Å²) in [6.07, 6.45) is 0.734. The molecule has 0 unspecified atom stereocenters. The molecule has 2 aromatic carbocycles.